The fourth-order valence-corrected chi connectivity index (χ4v) is 2.91. The second-order valence-electron chi connectivity index (χ2n) is 5.21. The van der Waals surface area contributed by atoms with Gasteiger partial charge in [-0.25, -0.2) is 0 Å². The predicted molar refractivity (Wildman–Crippen MR) is 89.5 cm³/mol. The Morgan fingerprint density at radius 1 is 1.00 bits per heavy atom. The number of aryl methyl sites for hydroxylation is 1. The van der Waals surface area contributed by atoms with Gasteiger partial charge in [-0.3, -0.25) is 4.79 Å². The lowest BCUT2D eigenvalue weighted by Gasteiger charge is -2.17. The number of rotatable bonds is 5. The number of thioether (sulfide) groups is 1. The maximum atomic E-state index is 12.3. The molecule has 21 heavy (non-hydrogen) atoms. The first-order valence-corrected chi connectivity index (χ1v) is 8.03. The summed E-state index contributed by atoms with van der Waals surface area (Å²) in [6.45, 7) is 6.01. The van der Waals surface area contributed by atoms with Gasteiger partial charge < -0.3 is 5.32 Å². The van der Waals surface area contributed by atoms with E-state index in [1.165, 1.54) is 5.56 Å². The molecule has 0 spiro atoms. The van der Waals surface area contributed by atoms with Crippen molar-refractivity contribution in [3.8, 4) is 0 Å². The first-order valence-electron chi connectivity index (χ1n) is 7.15. The van der Waals surface area contributed by atoms with Crippen LogP contribution in [0.4, 0.5) is 0 Å². The molecule has 0 aliphatic heterocycles. The molecule has 0 saturated carbocycles. The minimum Gasteiger partial charge on any atom is -0.349 e. The number of carbonyl (C=O) groups is 1. The van der Waals surface area contributed by atoms with E-state index in [0.29, 0.717) is 0 Å². The van der Waals surface area contributed by atoms with Crippen LogP contribution in [0.25, 0.3) is 0 Å². The molecule has 2 rings (SSSR count). The summed E-state index contributed by atoms with van der Waals surface area (Å²) in [6, 6.07) is 18.3. The average molecular weight is 299 g/mol. The Bertz CT molecular complexity index is 580. The van der Waals surface area contributed by atoms with E-state index in [0.717, 1.165) is 10.5 Å². The lowest BCUT2D eigenvalue weighted by atomic mass is 10.1. The number of amides is 1. The van der Waals surface area contributed by atoms with E-state index in [9.17, 15) is 4.79 Å². The van der Waals surface area contributed by atoms with Gasteiger partial charge in [0.2, 0.25) is 5.91 Å². The summed E-state index contributed by atoms with van der Waals surface area (Å²) in [5.41, 5.74) is 2.35. The van der Waals surface area contributed by atoms with E-state index in [2.05, 4.69) is 36.5 Å². The lowest BCUT2D eigenvalue weighted by molar-refractivity contribution is -0.120. The zero-order chi connectivity index (χ0) is 15.2. The second-order valence-corrected chi connectivity index (χ2v) is 6.63. The highest BCUT2D eigenvalue weighted by molar-refractivity contribution is 8.00. The molecule has 0 aliphatic carbocycles. The predicted octanol–water partition coefficient (Wildman–Crippen LogP) is 4.35. The zero-order valence-electron chi connectivity index (χ0n) is 12.7. The molecule has 3 heteroatoms. The van der Waals surface area contributed by atoms with Gasteiger partial charge in [0.1, 0.15) is 0 Å². The minimum atomic E-state index is -0.112. The summed E-state index contributed by atoms with van der Waals surface area (Å²) in [7, 11) is 0. The largest absolute Gasteiger partial charge is 0.349 e. The Labute approximate surface area is 131 Å². The highest BCUT2D eigenvalue weighted by Crippen LogP contribution is 2.24. The number of hydrogen-bond acceptors (Lipinski definition) is 2. The van der Waals surface area contributed by atoms with Gasteiger partial charge in [-0.2, -0.15) is 0 Å². The molecule has 110 valence electrons. The Kier molecular flexibility index (Phi) is 5.45. The third kappa shape index (κ3) is 4.64. The molecule has 0 aromatic heterocycles. The van der Waals surface area contributed by atoms with E-state index in [1.54, 1.807) is 11.8 Å². The highest BCUT2D eigenvalue weighted by Gasteiger charge is 2.17. The van der Waals surface area contributed by atoms with E-state index in [1.807, 2.05) is 44.2 Å². The molecule has 0 fully saturated rings. The second kappa shape index (κ2) is 7.32. The number of carbonyl (C=O) groups excluding carboxylic acids is 1. The maximum Gasteiger partial charge on any atom is 0.233 e. The minimum absolute atomic E-state index is 0.0276. The van der Waals surface area contributed by atoms with Gasteiger partial charge in [-0.15, -0.1) is 11.8 Å². The van der Waals surface area contributed by atoms with Crippen molar-refractivity contribution in [2.45, 2.75) is 37.0 Å². The van der Waals surface area contributed by atoms with Gasteiger partial charge in [0.25, 0.3) is 0 Å². The molecule has 0 aliphatic rings. The third-order valence-electron chi connectivity index (χ3n) is 3.36. The quantitative estimate of drug-likeness (QED) is 0.831. The van der Waals surface area contributed by atoms with Crippen molar-refractivity contribution in [1.82, 2.24) is 5.32 Å². The molecule has 0 unspecified atom stereocenters. The van der Waals surface area contributed by atoms with Gasteiger partial charge >= 0.3 is 0 Å². The molecule has 2 nitrogen and oxygen atoms in total. The van der Waals surface area contributed by atoms with Crippen LogP contribution in [0, 0.1) is 6.92 Å². The summed E-state index contributed by atoms with van der Waals surface area (Å²) in [4.78, 5) is 13.4. The van der Waals surface area contributed by atoms with Gasteiger partial charge in [0.15, 0.2) is 0 Å². The fraction of sp³-hybridized carbons (Fsp3) is 0.278. The molecule has 2 aromatic rings. The summed E-state index contributed by atoms with van der Waals surface area (Å²) in [5, 5.41) is 2.96. The SMILES string of the molecule is Cc1ccc(S[C@H](C)C(=O)N[C@@H](C)c2ccccc2)cc1. The van der Waals surface area contributed by atoms with Crippen LogP contribution in [-0.4, -0.2) is 11.2 Å². The van der Waals surface area contributed by atoms with E-state index >= 15 is 0 Å². The normalized spacial score (nSPS) is 13.5. The van der Waals surface area contributed by atoms with E-state index in [4.69, 9.17) is 0 Å². The van der Waals surface area contributed by atoms with Crippen molar-refractivity contribution in [2.75, 3.05) is 0 Å². The summed E-state index contributed by atoms with van der Waals surface area (Å²) in [6.07, 6.45) is 0. The van der Waals surface area contributed by atoms with E-state index in [-0.39, 0.29) is 17.2 Å². The van der Waals surface area contributed by atoms with Crippen molar-refractivity contribution >= 4 is 17.7 Å². The van der Waals surface area contributed by atoms with Crippen LogP contribution in [0.1, 0.15) is 31.0 Å². The molecule has 0 saturated heterocycles. The Balaban J connectivity index is 1.92. The van der Waals surface area contributed by atoms with E-state index < -0.39 is 0 Å². The maximum absolute atomic E-state index is 12.3. The summed E-state index contributed by atoms with van der Waals surface area (Å²) in [5.74, 6) is 0.0666. The van der Waals surface area contributed by atoms with Crippen molar-refractivity contribution in [3.05, 3.63) is 65.7 Å². The Morgan fingerprint density at radius 2 is 1.62 bits per heavy atom. The van der Waals surface area contributed by atoms with Crippen molar-refractivity contribution < 1.29 is 4.79 Å². The molecule has 0 heterocycles. The van der Waals surface area contributed by atoms with Crippen LogP contribution >= 0.6 is 11.8 Å². The van der Waals surface area contributed by atoms with Crippen molar-refractivity contribution in [3.63, 3.8) is 0 Å². The van der Waals surface area contributed by atoms with Crippen LogP contribution in [0.3, 0.4) is 0 Å². The standard InChI is InChI=1S/C18H21NOS/c1-13-9-11-17(12-10-13)21-15(3)18(20)19-14(2)16-7-5-4-6-8-16/h4-12,14-15H,1-3H3,(H,19,20)/t14-,15+/m0/s1. The third-order valence-corrected chi connectivity index (χ3v) is 4.47. The van der Waals surface area contributed by atoms with Crippen LogP contribution in [0.2, 0.25) is 0 Å². The Morgan fingerprint density at radius 3 is 2.24 bits per heavy atom. The van der Waals surface area contributed by atoms with Gasteiger partial charge in [-0.1, -0.05) is 48.0 Å². The lowest BCUT2D eigenvalue weighted by Crippen LogP contribution is -2.33. The van der Waals surface area contributed by atoms with Gasteiger partial charge in [-0.05, 0) is 38.5 Å². The molecule has 2 aromatic carbocycles. The molecular weight excluding hydrogens is 278 g/mol. The number of benzene rings is 2. The average Bonchev–Trinajstić information content (AvgIpc) is 2.50. The van der Waals surface area contributed by atoms with Crippen LogP contribution in [0.15, 0.2) is 59.5 Å². The van der Waals surface area contributed by atoms with Gasteiger partial charge in [0, 0.05) is 4.90 Å². The monoisotopic (exact) mass is 299 g/mol. The molecule has 1 amide bonds. The molecular formula is C18H21NOS. The van der Waals surface area contributed by atoms with Crippen molar-refractivity contribution in [2.24, 2.45) is 0 Å². The molecule has 2 atom stereocenters. The number of nitrogens with one attached hydrogen (secondary N) is 1. The number of hydrogen-bond donors (Lipinski definition) is 1. The first-order chi connectivity index (χ1) is 10.1. The molecule has 0 radical (unpaired) electrons. The highest BCUT2D eigenvalue weighted by atomic mass is 32.2. The Hall–Kier alpha value is -1.74. The fourth-order valence-electron chi connectivity index (χ4n) is 2.03. The zero-order valence-corrected chi connectivity index (χ0v) is 13.5. The van der Waals surface area contributed by atoms with Crippen LogP contribution < -0.4 is 5.32 Å². The smallest absolute Gasteiger partial charge is 0.233 e. The molecule has 0 bridgehead atoms. The van der Waals surface area contributed by atoms with Crippen LogP contribution in [-0.2, 0) is 4.79 Å². The van der Waals surface area contributed by atoms with Crippen molar-refractivity contribution in [1.29, 1.82) is 0 Å². The summed E-state index contributed by atoms with van der Waals surface area (Å²) >= 11 is 1.59. The summed E-state index contributed by atoms with van der Waals surface area (Å²) < 4.78 is 0. The topological polar surface area (TPSA) is 29.1 Å². The first kappa shape index (κ1) is 15.6. The van der Waals surface area contributed by atoms with Gasteiger partial charge in [0.05, 0.1) is 11.3 Å². The molecule has 1 N–H and O–H groups in total. The van der Waals surface area contributed by atoms with Crippen LogP contribution in [0.5, 0.6) is 0 Å².